The highest BCUT2D eigenvalue weighted by atomic mass is 16.5. The quantitative estimate of drug-likeness (QED) is 0.454. The molecule has 5 heteroatoms. The Morgan fingerprint density at radius 3 is 2.68 bits per heavy atom. The van der Waals surface area contributed by atoms with Crippen molar-refractivity contribution in [3.63, 3.8) is 0 Å². The predicted molar refractivity (Wildman–Crippen MR) is 133 cm³/mol. The van der Waals surface area contributed by atoms with Crippen LogP contribution < -0.4 is 9.47 Å². The van der Waals surface area contributed by atoms with E-state index in [1.165, 1.54) is 33.3 Å². The monoisotopic (exact) mass is 454 g/mol. The molecule has 0 saturated carbocycles. The fraction of sp³-hybridized carbons (Fsp3) is 0.310. The molecule has 0 aliphatic carbocycles. The Kier molecular flexibility index (Phi) is 5.31. The van der Waals surface area contributed by atoms with Crippen LogP contribution in [0.2, 0.25) is 0 Å². The Balaban J connectivity index is 1.36. The van der Waals surface area contributed by atoms with Crippen LogP contribution in [-0.2, 0) is 32.7 Å². The second kappa shape index (κ2) is 8.49. The van der Waals surface area contributed by atoms with Gasteiger partial charge in [-0.2, -0.15) is 0 Å². The molecule has 4 aromatic rings. The van der Waals surface area contributed by atoms with E-state index in [9.17, 15) is 5.11 Å². The number of aliphatic hydroxyl groups is 1. The van der Waals surface area contributed by atoms with Crippen LogP contribution in [0, 0.1) is 6.92 Å². The minimum atomic E-state index is 0.0142. The summed E-state index contributed by atoms with van der Waals surface area (Å²) in [4.78, 5) is 2.55. The molecule has 34 heavy (non-hydrogen) atoms. The average Bonchev–Trinajstić information content (AvgIpc) is 3.17. The van der Waals surface area contributed by atoms with Crippen LogP contribution >= 0.6 is 0 Å². The zero-order chi connectivity index (χ0) is 23.2. The minimum absolute atomic E-state index is 0.0142. The molecular formula is C29H30N2O3. The zero-order valence-corrected chi connectivity index (χ0v) is 19.8. The lowest BCUT2D eigenvalue weighted by Gasteiger charge is -2.41. The molecule has 1 unspecified atom stereocenters. The van der Waals surface area contributed by atoms with E-state index in [-0.39, 0.29) is 6.73 Å². The van der Waals surface area contributed by atoms with Gasteiger partial charge in [0.2, 0.25) is 0 Å². The van der Waals surface area contributed by atoms with Gasteiger partial charge >= 0.3 is 0 Å². The van der Waals surface area contributed by atoms with Crippen LogP contribution in [0.15, 0.2) is 60.7 Å². The summed E-state index contributed by atoms with van der Waals surface area (Å²) in [6.45, 7) is 4.49. The summed E-state index contributed by atoms with van der Waals surface area (Å²) in [6, 6.07) is 21.5. The van der Waals surface area contributed by atoms with Crippen LogP contribution in [0.3, 0.4) is 0 Å². The van der Waals surface area contributed by atoms with Gasteiger partial charge in [0, 0.05) is 30.2 Å². The van der Waals surface area contributed by atoms with E-state index < -0.39 is 0 Å². The van der Waals surface area contributed by atoms with Gasteiger partial charge in [-0.15, -0.1) is 0 Å². The lowest BCUT2D eigenvalue weighted by molar-refractivity contribution is 0.145. The van der Waals surface area contributed by atoms with Crippen molar-refractivity contribution in [2.45, 2.75) is 45.7 Å². The Morgan fingerprint density at radius 1 is 1.03 bits per heavy atom. The first-order valence-corrected chi connectivity index (χ1v) is 12.0. The van der Waals surface area contributed by atoms with Crippen LogP contribution in [0.25, 0.3) is 10.9 Å². The van der Waals surface area contributed by atoms with Crippen LogP contribution in [-0.4, -0.2) is 28.2 Å². The summed E-state index contributed by atoms with van der Waals surface area (Å²) >= 11 is 0. The van der Waals surface area contributed by atoms with Crippen molar-refractivity contribution in [1.29, 1.82) is 0 Å². The molecule has 174 valence electrons. The highest BCUT2D eigenvalue weighted by Crippen LogP contribution is 2.44. The molecule has 1 atom stereocenters. The Morgan fingerprint density at radius 2 is 1.88 bits per heavy atom. The summed E-state index contributed by atoms with van der Waals surface area (Å²) in [5.41, 5.74) is 8.78. The molecule has 0 amide bonds. The Bertz CT molecular complexity index is 1360. The molecule has 6 rings (SSSR count). The van der Waals surface area contributed by atoms with Crippen LogP contribution in [0.1, 0.15) is 39.6 Å². The maximum Gasteiger partial charge on any atom is 0.161 e. The van der Waals surface area contributed by atoms with Crippen molar-refractivity contribution in [3.8, 4) is 11.5 Å². The summed E-state index contributed by atoms with van der Waals surface area (Å²) in [6.07, 6.45) is 1.91. The number of nitrogens with zero attached hydrogens (tertiary/aromatic N) is 2. The van der Waals surface area contributed by atoms with Gasteiger partial charge in [-0.25, -0.2) is 0 Å². The number of benzene rings is 3. The number of fused-ring (bicyclic) bond motifs is 6. The highest BCUT2D eigenvalue weighted by molar-refractivity contribution is 5.86. The van der Waals surface area contributed by atoms with Crippen molar-refractivity contribution < 1.29 is 14.6 Å². The lowest BCUT2D eigenvalue weighted by Crippen LogP contribution is -2.39. The SMILES string of the molecule is COc1cc2c(cc1OCc1ccccc1)CCN1Cc3c(c4ccc(C)cc4n3CO)CC21. The largest absolute Gasteiger partial charge is 0.493 e. The first-order chi connectivity index (χ1) is 16.7. The van der Waals surface area contributed by atoms with Crippen molar-refractivity contribution in [1.82, 2.24) is 9.47 Å². The van der Waals surface area contributed by atoms with E-state index >= 15 is 0 Å². The molecule has 5 nitrogen and oxygen atoms in total. The van der Waals surface area contributed by atoms with E-state index in [0.29, 0.717) is 12.6 Å². The number of hydrogen-bond donors (Lipinski definition) is 1. The topological polar surface area (TPSA) is 46.9 Å². The summed E-state index contributed by atoms with van der Waals surface area (Å²) < 4.78 is 14.1. The van der Waals surface area contributed by atoms with Crippen molar-refractivity contribution in [2.24, 2.45) is 0 Å². The average molecular weight is 455 g/mol. The maximum atomic E-state index is 10.2. The Labute approximate surface area is 200 Å². The van der Waals surface area contributed by atoms with Gasteiger partial charge in [-0.3, -0.25) is 4.90 Å². The van der Waals surface area contributed by atoms with Gasteiger partial charge in [0.1, 0.15) is 13.3 Å². The van der Waals surface area contributed by atoms with Crippen molar-refractivity contribution >= 4 is 10.9 Å². The third-order valence-electron chi connectivity index (χ3n) is 7.47. The molecule has 3 heterocycles. The molecule has 0 radical (unpaired) electrons. The molecule has 0 saturated heterocycles. The fourth-order valence-electron chi connectivity index (χ4n) is 5.74. The molecule has 3 aromatic carbocycles. The zero-order valence-electron chi connectivity index (χ0n) is 19.8. The third kappa shape index (κ3) is 3.47. The van der Waals surface area contributed by atoms with Gasteiger partial charge in [0.05, 0.1) is 12.6 Å². The number of rotatable bonds is 5. The van der Waals surface area contributed by atoms with E-state index in [1.807, 2.05) is 18.2 Å². The molecule has 2 aliphatic heterocycles. The fourth-order valence-corrected chi connectivity index (χ4v) is 5.74. The third-order valence-corrected chi connectivity index (χ3v) is 7.47. The number of ether oxygens (including phenoxy) is 2. The molecule has 1 aromatic heterocycles. The van der Waals surface area contributed by atoms with E-state index in [0.717, 1.165) is 48.5 Å². The van der Waals surface area contributed by atoms with E-state index in [4.69, 9.17) is 9.47 Å². The normalized spacial score (nSPS) is 17.2. The maximum absolute atomic E-state index is 10.2. The second-order valence-electron chi connectivity index (χ2n) is 9.43. The van der Waals surface area contributed by atoms with Crippen molar-refractivity contribution in [2.75, 3.05) is 13.7 Å². The molecule has 0 fully saturated rings. The van der Waals surface area contributed by atoms with Gasteiger partial charge in [0.25, 0.3) is 0 Å². The number of aliphatic hydroxyl groups excluding tert-OH is 1. The first-order valence-electron chi connectivity index (χ1n) is 12.0. The highest BCUT2D eigenvalue weighted by Gasteiger charge is 2.35. The van der Waals surface area contributed by atoms with E-state index in [2.05, 4.69) is 58.9 Å². The molecule has 0 spiro atoms. The number of methoxy groups -OCH3 is 1. The van der Waals surface area contributed by atoms with Crippen molar-refractivity contribution in [3.05, 3.63) is 94.2 Å². The molecule has 2 aliphatic rings. The van der Waals surface area contributed by atoms with Gasteiger partial charge in [0.15, 0.2) is 11.5 Å². The summed E-state index contributed by atoms with van der Waals surface area (Å²) in [7, 11) is 1.72. The second-order valence-corrected chi connectivity index (χ2v) is 9.43. The van der Waals surface area contributed by atoms with Gasteiger partial charge < -0.3 is 19.1 Å². The first kappa shape index (κ1) is 21.3. The molecule has 1 N–H and O–H groups in total. The standard InChI is InChI=1S/C29H30N2O3/c1-19-8-9-22-24-14-25-23-15-28(33-2)29(34-17-20-6-4-3-5-7-20)13-21(23)10-11-30(25)16-27(24)31(18-32)26(22)12-19/h3-9,12-13,15,25,32H,10-11,14,16-18H2,1-2H3. The molecule has 0 bridgehead atoms. The number of aromatic nitrogens is 1. The number of aryl methyl sites for hydroxylation is 1. The Hall–Kier alpha value is -3.28. The lowest BCUT2D eigenvalue weighted by atomic mass is 9.85. The van der Waals surface area contributed by atoms with Crippen LogP contribution in [0.4, 0.5) is 0 Å². The van der Waals surface area contributed by atoms with Crippen LogP contribution in [0.5, 0.6) is 11.5 Å². The predicted octanol–water partition coefficient (Wildman–Crippen LogP) is 5.14. The summed E-state index contributed by atoms with van der Waals surface area (Å²) in [5.74, 6) is 1.60. The van der Waals surface area contributed by atoms with Gasteiger partial charge in [-0.1, -0.05) is 42.5 Å². The van der Waals surface area contributed by atoms with Gasteiger partial charge in [-0.05, 0) is 65.8 Å². The number of hydrogen-bond acceptors (Lipinski definition) is 4. The minimum Gasteiger partial charge on any atom is -0.493 e. The summed E-state index contributed by atoms with van der Waals surface area (Å²) in [5, 5.41) is 11.4. The smallest absolute Gasteiger partial charge is 0.161 e. The van der Waals surface area contributed by atoms with E-state index in [1.54, 1.807) is 7.11 Å². The molecular weight excluding hydrogens is 424 g/mol.